The van der Waals surface area contributed by atoms with Crippen LogP contribution in [0.5, 0.6) is 0 Å². The molecule has 0 saturated carbocycles. The maximum absolute atomic E-state index is 13.1. The first-order valence-electron chi connectivity index (χ1n) is 11.3. The van der Waals surface area contributed by atoms with E-state index in [9.17, 15) is 4.79 Å². The van der Waals surface area contributed by atoms with Crippen molar-refractivity contribution in [2.24, 2.45) is 0 Å². The van der Waals surface area contributed by atoms with Crippen molar-refractivity contribution in [2.75, 3.05) is 31.1 Å². The van der Waals surface area contributed by atoms with Gasteiger partial charge in [0.25, 0.3) is 5.91 Å². The molecule has 2 aliphatic rings. The highest BCUT2D eigenvalue weighted by Gasteiger charge is 2.27. The summed E-state index contributed by atoms with van der Waals surface area (Å²) < 4.78 is 7.73. The third-order valence-corrected chi connectivity index (χ3v) is 8.03. The molecule has 174 valence electrons. The van der Waals surface area contributed by atoms with Gasteiger partial charge in [-0.05, 0) is 36.1 Å². The largest absolute Gasteiger partial charge is 0.375 e. The SMILES string of the molecule is CC1CN(c2nc(-c3nnc4n3CCN(C(=O)c3ccc(-c5cccs5)cc3)C4)cs2)CCO1. The summed E-state index contributed by atoms with van der Waals surface area (Å²) in [5.41, 5.74) is 2.66. The normalized spacial score (nSPS) is 18.2. The lowest BCUT2D eigenvalue weighted by Gasteiger charge is -2.30. The van der Waals surface area contributed by atoms with Gasteiger partial charge in [0.1, 0.15) is 5.69 Å². The van der Waals surface area contributed by atoms with E-state index >= 15 is 0 Å². The highest BCUT2D eigenvalue weighted by Crippen LogP contribution is 2.30. The lowest BCUT2D eigenvalue weighted by molar-refractivity contribution is 0.0532. The Labute approximate surface area is 205 Å². The minimum atomic E-state index is 0.0194. The number of morpholine rings is 1. The standard InChI is InChI=1S/C24H24N6O2S2/c1-16-13-29(10-11-32-16)24-25-19(15-34-24)22-27-26-21-14-28(8-9-30(21)22)23(31)18-6-4-17(5-7-18)20-3-2-12-33-20/h2-7,12,15-16H,8-11,13-14H2,1H3. The third kappa shape index (κ3) is 4.02. The fourth-order valence-electron chi connectivity index (χ4n) is 4.43. The third-order valence-electron chi connectivity index (χ3n) is 6.21. The van der Waals surface area contributed by atoms with Gasteiger partial charge in [-0.25, -0.2) is 4.98 Å². The van der Waals surface area contributed by atoms with E-state index in [1.807, 2.05) is 40.6 Å². The minimum absolute atomic E-state index is 0.0194. The van der Waals surface area contributed by atoms with Gasteiger partial charge in [0.05, 0.1) is 19.3 Å². The second kappa shape index (κ2) is 8.94. The number of carbonyl (C=O) groups excluding carboxylic acids is 1. The van der Waals surface area contributed by atoms with Crippen molar-refractivity contribution in [3.8, 4) is 22.0 Å². The van der Waals surface area contributed by atoms with Crippen LogP contribution in [0.2, 0.25) is 0 Å². The number of benzene rings is 1. The van der Waals surface area contributed by atoms with Crippen LogP contribution in [-0.2, 0) is 17.8 Å². The molecule has 10 heteroatoms. The molecule has 1 aromatic carbocycles. The minimum Gasteiger partial charge on any atom is -0.375 e. The van der Waals surface area contributed by atoms with E-state index in [1.54, 1.807) is 22.7 Å². The Balaban J connectivity index is 1.16. The van der Waals surface area contributed by atoms with Gasteiger partial charge < -0.3 is 19.1 Å². The molecule has 1 unspecified atom stereocenters. The van der Waals surface area contributed by atoms with Crippen LogP contribution in [0, 0.1) is 0 Å². The average molecular weight is 493 g/mol. The molecular weight excluding hydrogens is 468 g/mol. The van der Waals surface area contributed by atoms with Gasteiger partial charge in [0.15, 0.2) is 16.8 Å². The number of aromatic nitrogens is 4. The summed E-state index contributed by atoms with van der Waals surface area (Å²) in [6.45, 7) is 6.20. The van der Waals surface area contributed by atoms with Crippen LogP contribution in [0.3, 0.4) is 0 Å². The number of rotatable bonds is 4. The number of anilines is 1. The summed E-state index contributed by atoms with van der Waals surface area (Å²) in [7, 11) is 0. The zero-order valence-electron chi connectivity index (χ0n) is 18.8. The Morgan fingerprint density at radius 1 is 1.09 bits per heavy atom. The Kier molecular flexibility index (Phi) is 5.64. The van der Waals surface area contributed by atoms with E-state index in [-0.39, 0.29) is 12.0 Å². The van der Waals surface area contributed by atoms with E-state index < -0.39 is 0 Å². The molecule has 3 aromatic heterocycles. The zero-order chi connectivity index (χ0) is 23.1. The highest BCUT2D eigenvalue weighted by molar-refractivity contribution is 7.14. The van der Waals surface area contributed by atoms with Gasteiger partial charge in [-0.2, -0.15) is 0 Å². The molecule has 0 bridgehead atoms. The first-order chi connectivity index (χ1) is 16.7. The lowest BCUT2D eigenvalue weighted by atomic mass is 10.1. The first-order valence-corrected chi connectivity index (χ1v) is 13.1. The van der Waals surface area contributed by atoms with Gasteiger partial charge >= 0.3 is 0 Å². The summed E-state index contributed by atoms with van der Waals surface area (Å²) >= 11 is 3.32. The summed E-state index contributed by atoms with van der Waals surface area (Å²) in [6, 6.07) is 12.0. The molecule has 0 radical (unpaired) electrons. The van der Waals surface area contributed by atoms with E-state index in [2.05, 4.69) is 38.0 Å². The van der Waals surface area contributed by atoms with Gasteiger partial charge in [0.2, 0.25) is 0 Å². The van der Waals surface area contributed by atoms with Gasteiger partial charge in [-0.1, -0.05) is 18.2 Å². The Morgan fingerprint density at radius 2 is 1.97 bits per heavy atom. The quantitative estimate of drug-likeness (QED) is 0.429. The van der Waals surface area contributed by atoms with Crippen molar-refractivity contribution in [2.45, 2.75) is 26.1 Å². The molecule has 1 atom stereocenters. The Morgan fingerprint density at radius 3 is 2.76 bits per heavy atom. The van der Waals surface area contributed by atoms with Crippen LogP contribution in [0.1, 0.15) is 23.1 Å². The van der Waals surface area contributed by atoms with E-state index in [4.69, 9.17) is 9.72 Å². The maximum atomic E-state index is 13.1. The monoisotopic (exact) mass is 492 g/mol. The molecule has 0 aliphatic carbocycles. The molecule has 1 amide bonds. The van der Waals surface area contributed by atoms with E-state index in [0.29, 0.717) is 25.2 Å². The van der Waals surface area contributed by atoms with Crippen LogP contribution < -0.4 is 4.90 Å². The molecule has 5 heterocycles. The number of fused-ring (bicyclic) bond motifs is 1. The van der Waals surface area contributed by atoms with Crippen molar-refractivity contribution >= 4 is 33.7 Å². The van der Waals surface area contributed by atoms with Crippen molar-refractivity contribution < 1.29 is 9.53 Å². The topological polar surface area (TPSA) is 76.4 Å². The number of hydrogen-bond donors (Lipinski definition) is 0. The molecule has 0 N–H and O–H groups in total. The predicted molar refractivity (Wildman–Crippen MR) is 133 cm³/mol. The Hall–Kier alpha value is -3.08. The Bertz CT molecular complexity index is 1300. The predicted octanol–water partition coefficient (Wildman–Crippen LogP) is 4.01. The van der Waals surface area contributed by atoms with Crippen LogP contribution >= 0.6 is 22.7 Å². The molecule has 2 aliphatic heterocycles. The first kappa shape index (κ1) is 21.5. The fourth-order valence-corrected chi connectivity index (χ4v) is 6.00. The number of hydrogen-bond acceptors (Lipinski definition) is 8. The summed E-state index contributed by atoms with van der Waals surface area (Å²) in [5, 5.41) is 13.9. The van der Waals surface area contributed by atoms with Gasteiger partial charge in [-0.15, -0.1) is 32.9 Å². The highest BCUT2D eigenvalue weighted by atomic mass is 32.1. The van der Waals surface area contributed by atoms with Crippen molar-refractivity contribution in [1.29, 1.82) is 0 Å². The average Bonchev–Trinajstić information content (AvgIpc) is 3.64. The smallest absolute Gasteiger partial charge is 0.254 e. The number of carbonyl (C=O) groups is 1. The number of thiophene rings is 1. The van der Waals surface area contributed by atoms with Gasteiger partial charge in [-0.3, -0.25) is 4.79 Å². The summed E-state index contributed by atoms with van der Waals surface area (Å²) in [5.74, 6) is 1.58. The van der Waals surface area contributed by atoms with E-state index in [1.165, 1.54) is 4.88 Å². The van der Waals surface area contributed by atoms with Crippen molar-refractivity contribution in [1.82, 2.24) is 24.6 Å². The molecular formula is C24H24N6O2S2. The second-order valence-corrected chi connectivity index (χ2v) is 10.3. The maximum Gasteiger partial charge on any atom is 0.254 e. The van der Waals surface area contributed by atoms with E-state index in [0.717, 1.165) is 47.7 Å². The van der Waals surface area contributed by atoms with Crippen molar-refractivity contribution in [3.05, 3.63) is 58.5 Å². The number of ether oxygens (including phenoxy) is 1. The second-order valence-electron chi connectivity index (χ2n) is 8.52. The molecule has 4 aromatic rings. The van der Waals surface area contributed by atoms with Crippen LogP contribution in [0.4, 0.5) is 5.13 Å². The lowest BCUT2D eigenvalue weighted by Crippen LogP contribution is -2.41. The summed E-state index contributed by atoms with van der Waals surface area (Å²) in [4.78, 5) is 23.3. The molecule has 8 nitrogen and oxygen atoms in total. The molecule has 34 heavy (non-hydrogen) atoms. The molecule has 6 rings (SSSR count). The number of thiazole rings is 1. The van der Waals surface area contributed by atoms with Crippen LogP contribution in [-0.4, -0.2) is 62.9 Å². The summed E-state index contributed by atoms with van der Waals surface area (Å²) in [6.07, 6.45) is 0.206. The molecule has 1 saturated heterocycles. The zero-order valence-corrected chi connectivity index (χ0v) is 20.4. The van der Waals surface area contributed by atoms with Crippen LogP contribution in [0.15, 0.2) is 47.2 Å². The van der Waals surface area contributed by atoms with Gasteiger partial charge in [0, 0.05) is 42.0 Å². The molecule has 1 fully saturated rings. The number of amides is 1. The number of nitrogens with zero attached hydrogens (tertiary/aromatic N) is 6. The van der Waals surface area contributed by atoms with Crippen molar-refractivity contribution in [3.63, 3.8) is 0 Å². The fraction of sp³-hybridized carbons (Fsp3) is 0.333. The molecule has 0 spiro atoms. The van der Waals surface area contributed by atoms with Crippen LogP contribution in [0.25, 0.3) is 22.0 Å².